The Morgan fingerprint density at radius 2 is 1.80 bits per heavy atom. The molecule has 2 aliphatic heterocycles. The number of β-amino-alcohol motifs (C(OH)–C–C–N with tert-alkyl or cyclic N) is 1. The lowest BCUT2D eigenvalue weighted by molar-refractivity contribution is -0.115. The third-order valence-electron chi connectivity index (χ3n) is 6.52. The van der Waals surface area contributed by atoms with E-state index in [1.54, 1.807) is 23.7 Å². The number of aliphatic hydroxyl groups excluding tert-OH is 1. The summed E-state index contributed by atoms with van der Waals surface area (Å²) >= 11 is 1.76. The van der Waals surface area contributed by atoms with E-state index in [-0.39, 0.29) is 5.95 Å². The van der Waals surface area contributed by atoms with Crippen LogP contribution in [0.2, 0.25) is 0 Å². The largest absolute Gasteiger partial charge is 0.384 e. The highest BCUT2D eigenvalue weighted by molar-refractivity contribution is 7.19. The number of aryl methyl sites for hydroxylation is 1. The maximum atomic E-state index is 10.8. The van der Waals surface area contributed by atoms with Crippen molar-refractivity contribution in [3.8, 4) is 11.4 Å². The molecule has 0 bridgehead atoms. The lowest BCUT2D eigenvalue weighted by Crippen LogP contribution is -2.48. The van der Waals surface area contributed by atoms with Crippen LogP contribution in [0.4, 0.5) is 11.8 Å². The summed E-state index contributed by atoms with van der Waals surface area (Å²) in [4.78, 5) is 37.0. The van der Waals surface area contributed by atoms with Crippen molar-refractivity contribution in [2.24, 2.45) is 0 Å². The number of fused-ring (bicyclic) bond motifs is 1. The van der Waals surface area contributed by atoms with Crippen molar-refractivity contribution in [1.29, 1.82) is 0 Å². The van der Waals surface area contributed by atoms with Crippen molar-refractivity contribution >= 4 is 39.6 Å². The minimum atomic E-state index is -0.913. The minimum Gasteiger partial charge on any atom is -0.384 e. The van der Waals surface area contributed by atoms with Crippen molar-refractivity contribution in [3.05, 3.63) is 22.8 Å². The number of nitrogens with two attached hydrogens (primary N) is 1. The standard InChI is InChI=1S/C23H30N8O3S/c1-15-18(13-30-4-2-29(3-5-30)12-17(33)14-32)35-20-19(15)27-21(16-10-25-23(24)26-11-16)28-22(20)31-6-8-34-9-7-31/h10-11,14,17,33H,2-9,12-13H2,1H3,(H2,24,25,26). The van der Waals surface area contributed by atoms with Crippen LogP contribution in [0.15, 0.2) is 12.4 Å². The van der Waals surface area contributed by atoms with Crippen LogP contribution in [0.1, 0.15) is 10.4 Å². The molecule has 0 amide bonds. The molecule has 11 nitrogen and oxygen atoms in total. The molecule has 2 aliphatic rings. The normalized spacial score (nSPS) is 18.7. The second-order valence-corrected chi connectivity index (χ2v) is 10.0. The maximum Gasteiger partial charge on any atom is 0.219 e. The zero-order valence-electron chi connectivity index (χ0n) is 19.8. The van der Waals surface area contributed by atoms with Gasteiger partial charge in [0.25, 0.3) is 0 Å². The van der Waals surface area contributed by atoms with Crippen LogP contribution >= 0.6 is 11.3 Å². The Labute approximate surface area is 207 Å². The first kappa shape index (κ1) is 23.9. The fourth-order valence-corrected chi connectivity index (χ4v) is 5.79. The molecule has 5 heterocycles. The molecule has 1 atom stereocenters. The van der Waals surface area contributed by atoms with Crippen LogP contribution in [0.5, 0.6) is 0 Å². The van der Waals surface area contributed by atoms with Crippen molar-refractivity contribution < 1.29 is 14.6 Å². The van der Waals surface area contributed by atoms with Crippen molar-refractivity contribution in [1.82, 2.24) is 29.7 Å². The molecule has 12 heteroatoms. The van der Waals surface area contributed by atoms with Gasteiger partial charge in [0.15, 0.2) is 11.6 Å². The summed E-state index contributed by atoms with van der Waals surface area (Å²) in [5.74, 6) is 1.74. The number of nitrogens with zero attached hydrogens (tertiary/aromatic N) is 7. The van der Waals surface area contributed by atoms with Crippen LogP contribution in [-0.2, 0) is 16.1 Å². The fourth-order valence-electron chi connectivity index (χ4n) is 4.48. The molecule has 2 saturated heterocycles. The van der Waals surface area contributed by atoms with Crippen LogP contribution in [0.3, 0.4) is 0 Å². The Balaban J connectivity index is 1.43. The van der Waals surface area contributed by atoms with Gasteiger partial charge in [-0.1, -0.05) is 0 Å². The van der Waals surface area contributed by atoms with E-state index in [1.807, 2.05) is 0 Å². The van der Waals surface area contributed by atoms with E-state index < -0.39 is 6.10 Å². The monoisotopic (exact) mass is 498 g/mol. The number of anilines is 2. The van der Waals surface area contributed by atoms with Gasteiger partial charge in [-0.3, -0.25) is 9.80 Å². The van der Waals surface area contributed by atoms with Gasteiger partial charge in [0.1, 0.15) is 12.4 Å². The predicted octanol–water partition coefficient (Wildman–Crippen LogP) is 0.553. The van der Waals surface area contributed by atoms with Gasteiger partial charge in [0.2, 0.25) is 5.95 Å². The molecule has 186 valence electrons. The van der Waals surface area contributed by atoms with Crippen molar-refractivity contribution in [2.75, 3.05) is 69.7 Å². The summed E-state index contributed by atoms with van der Waals surface area (Å²) < 4.78 is 6.66. The molecule has 3 aromatic rings. The fraction of sp³-hybridized carbons (Fsp3) is 0.522. The number of piperazine rings is 1. The molecule has 3 N–H and O–H groups in total. The minimum absolute atomic E-state index is 0.220. The zero-order chi connectivity index (χ0) is 24.4. The van der Waals surface area contributed by atoms with Gasteiger partial charge in [-0.25, -0.2) is 19.9 Å². The number of aldehydes is 1. The number of thiophene rings is 1. The van der Waals surface area contributed by atoms with Gasteiger partial charge in [-0.2, -0.15) is 0 Å². The number of ether oxygens (including phenoxy) is 1. The number of nitrogen functional groups attached to an aromatic ring is 1. The molecule has 0 spiro atoms. The second-order valence-electron chi connectivity index (χ2n) is 8.91. The smallest absolute Gasteiger partial charge is 0.219 e. The van der Waals surface area contributed by atoms with Gasteiger partial charge in [0, 0.05) is 69.6 Å². The Morgan fingerprint density at radius 1 is 1.11 bits per heavy atom. The molecule has 1 unspecified atom stereocenters. The Hall–Kier alpha value is -2.77. The summed E-state index contributed by atoms with van der Waals surface area (Å²) in [5, 5.41) is 9.62. The van der Waals surface area contributed by atoms with Crippen LogP contribution < -0.4 is 10.6 Å². The molecule has 0 aliphatic carbocycles. The van der Waals surface area contributed by atoms with E-state index in [4.69, 9.17) is 20.4 Å². The van der Waals surface area contributed by atoms with E-state index >= 15 is 0 Å². The number of carbonyl (C=O) groups is 1. The maximum absolute atomic E-state index is 10.8. The number of morpholine rings is 1. The summed E-state index contributed by atoms with van der Waals surface area (Å²) in [5.41, 5.74) is 8.54. The van der Waals surface area contributed by atoms with Crippen molar-refractivity contribution in [3.63, 3.8) is 0 Å². The van der Waals surface area contributed by atoms with E-state index in [1.165, 1.54) is 10.4 Å². The summed E-state index contributed by atoms with van der Waals surface area (Å²) in [6.07, 6.45) is 3.02. The lowest BCUT2D eigenvalue weighted by Gasteiger charge is -2.34. The Morgan fingerprint density at radius 3 is 2.49 bits per heavy atom. The highest BCUT2D eigenvalue weighted by Gasteiger charge is 2.25. The number of aliphatic hydroxyl groups is 1. The molecular formula is C23H30N8O3S. The lowest BCUT2D eigenvalue weighted by atomic mass is 10.2. The van der Waals surface area contributed by atoms with E-state index in [2.05, 4.69) is 31.6 Å². The number of hydrogen-bond acceptors (Lipinski definition) is 12. The molecule has 3 aromatic heterocycles. The van der Waals surface area contributed by atoms with Crippen LogP contribution in [-0.4, -0.2) is 106 Å². The molecular weight excluding hydrogens is 468 g/mol. The summed E-state index contributed by atoms with van der Waals surface area (Å²) in [6, 6.07) is 0. The highest BCUT2D eigenvalue weighted by atomic mass is 32.1. The van der Waals surface area contributed by atoms with E-state index in [0.29, 0.717) is 31.9 Å². The highest BCUT2D eigenvalue weighted by Crippen LogP contribution is 2.38. The third-order valence-corrected chi connectivity index (χ3v) is 7.78. The van der Waals surface area contributed by atoms with Gasteiger partial charge >= 0.3 is 0 Å². The quantitative estimate of drug-likeness (QED) is 0.442. The number of aromatic nitrogens is 4. The van der Waals surface area contributed by atoms with E-state index in [9.17, 15) is 9.90 Å². The predicted molar refractivity (Wildman–Crippen MR) is 134 cm³/mol. The zero-order valence-corrected chi connectivity index (χ0v) is 20.6. The SMILES string of the molecule is Cc1c(CN2CCN(CC(O)C=O)CC2)sc2c(N3CCOCC3)nc(-c3cnc(N)nc3)nc12. The summed E-state index contributed by atoms with van der Waals surface area (Å²) in [6.45, 7) is 9.70. The number of hydrogen-bond donors (Lipinski definition) is 2. The summed E-state index contributed by atoms with van der Waals surface area (Å²) in [7, 11) is 0. The average molecular weight is 499 g/mol. The topological polar surface area (TPSA) is 134 Å². The van der Waals surface area contributed by atoms with Gasteiger partial charge < -0.3 is 25.3 Å². The number of rotatable bonds is 7. The third kappa shape index (κ3) is 5.26. The van der Waals surface area contributed by atoms with Crippen LogP contribution in [0.25, 0.3) is 21.6 Å². The van der Waals surface area contributed by atoms with Gasteiger partial charge in [0.05, 0.1) is 29.0 Å². The first-order valence-electron chi connectivity index (χ1n) is 11.8. The van der Waals surface area contributed by atoms with Gasteiger partial charge in [-0.15, -0.1) is 11.3 Å². The second kappa shape index (κ2) is 10.5. The first-order valence-corrected chi connectivity index (χ1v) is 12.6. The molecule has 35 heavy (non-hydrogen) atoms. The first-order chi connectivity index (χ1) is 17.0. The molecule has 0 saturated carbocycles. The average Bonchev–Trinajstić information content (AvgIpc) is 3.20. The van der Waals surface area contributed by atoms with Crippen molar-refractivity contribution in [2.45, 2.75) is 19.6 Å². The molecule has 0 aromatic carbocycles. The Kier molecular flexibility index (Phi) is 7.16. The van der Waals surface area contributed by atoms with Crippen LogP contribution in [0, 0.1) is 6.92 Å². The number of carbonyl (C=O) groups excluding carboxylic acids is 1. The molecule has 5 rings (SSSR count). The van der Waals surface area contributed by atoms with Gasteiger partial charge in [-0.05, 0) is 12.5 Å². The molecule has 0 radical (unpaired) electrons. The Bertz CT molecular complexity index is 1170. The van der Waals surface area contributed by atoms with E-state index in [0.717, 1.165) is 67.4 Å². The molecule has 2 fully saturated rings.